The minimum Gasteiger partial charge on any atom is -0.462 e. The number of hydrogen-bond donors (Lipinski definition) is 1. The Bertz CT molecular complexity index is 1270. The molecule has 13 heteroatoms. The Morgan fingerprint density at radius 1 is 0.956 bits per heavy atom. The fraction of sp³-hybridized carbons (Fsp3) is 0.688. The number of ether oxygens (including phenoxy) is 6. The molecule has 1 heterocycles. The van der Waals surface area contributed by atoms with Crippen molar-refractivity contribution in [3.8, 4) is 0 Å². The third-order valence-corrected chi connectivity index (χ3v) is 8.99. The minimum atomic E-state index is -2.24. The van der Waals surface area contributed by atoms with E-state index in [1.165, 1.54) is 33.8 Å². The Hall–Kier alpha value is -3.74. The number of carbonyl (C=O) groups is 6. The number of hydrogen-bond acceptors (Lipinski definition) is 13. The standard InChI is InChI=1S/C32H44O13/c1-9-10-27(37)44-23-14-25(42-20(6)35)31(8)24(41-19(5)34)12-11-16(2)28(31)29(43-21(7)36)32(39)17(3)30(38)45-26(32)13-22(23)15-40-18(4)33/h11,13,17,23-26,28-29,39H,9-10,12,14-15H2,1-8H3/b22-13-/t17-,23?,24-,25+,26-,28+,29?,31+,32-/m0/s1. The van der Waals surface area contributed by atoms with Gasteiger partial charge in [0.05, 0.1) is 11.3 Å². The van der Waals surface area contributed by atoms with Gasteiger partial charge in [-0.3, -0.25) is 28.8 Å². The highest BCUT2D eigenvalue weighted by atomic mass is 16.6. The molecular formula is C32H44O13. The molecule has 0 radical (unpaired) electrons. The highest BCUT2D eigenvalue weighted by Gasteiger charge is 2.67. The second-order valence-electron chi connectivity index (χ2n) is 12.2. The van der Waals surface area contributed by atoms with Gasteiger partial charge in [-0.15, -0.1) is 0 Å². The van der Waals surface area contributed by atoms with Crippen molar-refractivity contribution in [2.24, 2.45) is 17.3 Å². The quantitative estimate of drug-likeness (QED) is 0.234. The molecule has 9 atom stereocenters. The second-order valence-corrected chi connectivity index (χ2v) is 12.2. The molecule has 0 aromatic rings. The van der Waals surface area contributed by atoms with Gasteiger partial charge in [-0.2, -0.15) is 0 Å². The molecule has 0 aromatic carbocycles. The van der Waals surface area contributed by atoms with Crippen LogP contribution in [-0.2, 0) is 57.2 Å². The molecular weight excluding hydrogens is 592 g/mol. The summed E-state index contributed by atoms with van der Waals surface area (Å²) in [5.41, 5.74) is -2.94. The zero-order valence-electron chi connectivity index (χ0n) is 27.1. The summed E-state index contributed by atoms with van der Waals surface area (Å²) in [7, 11) is 0. The first kappa shape index (κ1) is 35.7. The van der Waals surface area contributed by atoms with Crippen LogP contribution < -0.4 is 0 Å². The van der Waals surface area contributed by atoms with E-state index in [4.69, 9.17) is 28.4 Å². The van der Waals surface area contributed by atoms with E-state index < -0.39 is 95.8 Å². The lowest BCUT2D eigenvalue weighted by atomic mass is 9.56. The molecule has 3 rings (SSSR count). The lowest BCUT2D eigenvalue weighted by Gasteiger charge is -2.55. The number of carbonyl (C=O) groups excluding carboxylic acids is 6. The van der Waals surface area contributed by atoms with Crippen LogP contribution in [0.15, 0.2) is 23.3 Å². The van der Waals surface area contributed by atoms with Crippen molar-refractivity contribution in [1.29, 1.82) is 0 Å². The third kappa shape index (κ3) is 7.40. The Morgan fingerprint density at radius 3 is 2.11 bits per heavy atom. The van der Waals surface area contributed by atoms with Crippen molar-refractivity contribution in [3.63, 3.8) is 0 Å². The normalized spacial score (nSPS) is 35.6. The molecule has 1 saturated heterocycles. The fourth-order valence-corrected chi connectivity index (χ4v) is 6.80. The fourth-order valence-electron chi connectivity index (χ4n) is 6.80. The highest BCUT2D eigenvalue weighted by Crippen LogP contribution is 2.55. The molecule has 13 nitrogen and oxygen atoms in total. The highest BCUT2D eigenvalue weighted by molar-refractivity contribution is 5.78. The van der Waals surface area contributed by atoms with Crippen molar-refractivity contribution < 1.29 is 62.3 Å². The summed E-state index contributed by atoms with van der Waals surface area (Å²) >= 11 is 0. The van der Waals surface area contributed by atoms with Crippen LogP contribution in [-0.4, -0.2) is 83.7 Å². The smallest absolute Gasteiger partial charge is 0.312 e. The van der Waals surface area contributed by atoms with Crippen molar-refractivity contribution in [2.45, 2.75) is 117 Å². The molecule has 0 bridgehead atoms. The molecule has 45 heavy (non-hydrogen) atoms. The number of fused-ring (bicyclic) bond motifs is 2. The van der Waals surface area contributed by atoms with Crippen LogP contribution >= 0.6 is 0 Å². The molecule has 2 unspecified atom stereocenters. The second kappa shape index (κ2) is 14.1. The molecule has 0 spiro atoms. The maximum atomic E-state index is 13.2. The van der Waals surface area contributed by atoms with Gasteiger partial charge in [0.2, 0.25) is 0 Å². The molecule has 1 aliphatic heterocycles. The third-order valence-electron chi connectivity index (χ3n) is 8.99. The molecule has 250 valence electrons. The van der Waals surface area contributed by atoms with Crippen LogP contribution in [0.3, 0.4) is 0 Å². The van der Waals surface area contributed by atoms with E-state index in [9.17, 15) is 33.9 Å². The van der Waals surface area contributed by atoms with Gasteiger partial charge in [0.25, 0.3) is 0 Å². The van der Waals surface area contributed by atoms with E-state index >= 15 is 0 Å². The maximum absolute atomic E-state index is 13.2. The largest absolute Gasteiger partial charge is 0.462 e. The van der Waals surface area contributed by atoms with Crippen LogP contribution in [0.4, 0.5) is 0 Å². The molecule has 3 aliphatic rings. The van der Waals surface area contributed by atoms with Crippen molar-refractivity contribution in [3.05, 3.63) is 23.3 Å². The molecule has 0 aromatic heterocycles. The van der Waals surface area contributed by atoms with Crippen molar-refractivity contribution in [1.82, 2.24) is 0 Å². The first-order valence-corrected chi connectivity index (χ1v) is 15.1. The molecule has 1 N–H and O–H groups in total. The van der Waals surface area contributed by atoms with E-state index in [-0.39, 0.29) is 24.8 Å². The molecule has 0 saturated carbocycles. The Kier molecular flexibility index (Phi) is 11.2. The summed E-state index contributed by atoms with van der Waals surface area (Å²) in [5.74, 6) is -6.44. The molecule has 0 amide bonds. The lowest BCUT2D eigenvalue weighted by Crippen LogP contribution is -2.65. The zero-order chi connectivity index (χ0) is 33.9. The molecule has 2 aliphatic carbocycles. The van der Waals surface area contributed by atoms with Gasteiger partial charge in [-0.1, -0.05) is 25.5 Å². The average molecular weight is 637 g/mol. The van der Waals surface area contributed by atoms with Crippen molar-refractivity contribution >= 4 is 35.8 Å². The first-order valence-electron chi connectivity index (χ1n) is 15.1. The number of esters is 6. The summed E-state index contributed by atoms with van der Waals surface area (Å²) in [6.07, 6.45) is -2.77. The lowest BCUT2D eigenvalue weighted by molar-refractivity contribution is -0.218. The van der Waals surface area contributed by atoms with E-state index in [1.54, 1.807) is 26.8 Å². The first-order chi connectivity index (χ1) is 21.0. The minimum absolute atomic E-state index is 0.0430. The Balaban J connectivity index is 2.46. The monoisotopic (exact) mass is 636 g/mol. The van der Waals surface area contributed by atoms with E-state index in [2.05, 4.69) is 0 Å². The molecule has 1 fully saturated rings. The number of rotatable bonds is 8. The van der Waals surface area contributed by atoms with Gasteiger partial charge in [-0.25, -0.2) is 0 Å². The summed E-state index contributed by atoms with van der Waals surface area (Å²) in [4.78, 5) is 75.8. The van der Waals surface area contributed by atoms with Crippen LogP contribution in [0, 0.1) is 17.3 Å². The Morgan fingerprint density at radius 2 is 1.56 bits per heavy atom. The van der Waals surface area contributed by atoms with E-state index in [0.717, 1.165) is 6.92 Å². The SMILES string of the molecule is CCCC(=O)OC1C[C@@H](OC(C)=O)[C@@]2(C)[C@@H](OC(C)=O)CC=C(C)[C@@H]2C(OC(C)=O)[C@@]2(O)[C@H](/C=C\1COC(C)=O)OC(=O)[C@@H]2C. The topological polar surface area (TPSA) is 178 Å². The van der Waals surface area contributed by atoms with Gasteiger partial charge in [0, 0.05) is 58.4 Å². The summed E-state index contributed by atoms with van der Waals surface area (Å²) in [5, 5.41) is 12.6. The van der Waals surface area contributed by atoms with Crippen LogP contribution in [0.5, 0.6) is 0 Å². The van der Waals surface area contributed by atoms with E-state index in [0.29, 0.717) is 12.0 Å². The summed E-state index contributed by atoms with van der Waals surface area (Å²) in [6.45, 7) is 10.9. The number of aliphatic hydroxyl groups is 1. The Labute approximate surface area is 262 Å². The van der Waals surface area contributed by atoms with Gasteiger partial charge in [-0.05, 0) is 26.3 Å². The van der Waals surface area contributed by atoms with E-state index in [1.807, 2.05) is 0 Å². The maximum Gasteiger partial charge on any atom is 0.312 e. The predicted molar refractivity (Wildman–Crippen MR) is 155 cm³/mol. The summed E-state index contributed by atoms with van der Waals surface area (Å²) < 4.78 is 34.5. The van der Waals surface area contributed by atoms with Gasteiger partial charge in [0.1, 0.15) is 31.0 Å². The van der Waals surface area contributed by atoms with Gasteiger partial charge >= 0.3 is 35.8 Å². The average Bonchev–Trinajstić information content (AvgIpc) is 3.14. The van der Waals surface area contributed by atoms with Crippen molar-refractivity contribution in [2.75, 3.05) is 6.61 Å². The van der Waals surface area contributed by atoms with Crippen LogP contribution in [0.2, 0.25) is 0 Å². The predicted octanol–water partition coefficient (Wildman–Crippen LogP) is 2.65. The van der Waals surface area contributed by atoms with Crippen LogP contribution in [0.25, 0.3) is 0 Å². The van der Waals surface area contributed by atoms with Gasteiger partial charge in [0.15, 0.2) is 11.7 Å². The van der Waals surface area contributed by atoms with Crippen LogP contribution in [0.1, 0.15) is 81.1 Å². The zero-order valence-corrected chi connectivity index (χ0v) is 27.1. The van der Waals surface area contributed by atoms with Gasteiger partial charge < -0.3 is 33.5 Å². The summed E-state index contributed by atoms with van der Waals surface area (Å²) in [6, 6.07) is 0.